The predicted octanol–water partition coefficient (Wildman–Crippen LogP) is 2.30. The fraction of sp³-hybridized carbons (Fsp3) is 0.222. The number of para-hydroxylation sites is 2. The van der Waals surface area contributed by atoms with Crippen LogP contribution in [0, 0.1) is 0 Å². The summed E-state index contributed by atoms with van der Waals surface area (Å²) in [6.07, 6.45) is 0.346. The maximum Gasteiger partial charge on any atom is 0.254 e. The molecule has 2 aromatic carbocycles. The number of carbonyl (C=O) groups excluding carboxylic acids is 2. The summed E-state index contributed by atoms with van der Waals surface area (Å²) in [5, 5.41) is 2.87. The van der Waals surface area contributed by atoms with Gasteiger partial charge in [0, 0.05) is 12.0 Å². The minimum Gasteiger partial charge on any atom is -0.486 e. The van der Waals surface area contributed by atoms with E-state index in [1.54, 1.807) is 23.1 Å². The van der Waals surface area contributed by atoms with Crippen molar-refractivity contribution >= 4 is 17.5 Å². The first kappa shape index (κ1) is 13.8. The third-order valence-corrected chi connectivity index (χ3v) is 4.29. The van der Waals surface area contributed by atoms with E-state index in [2.05, 4.69) is 5.32 Å². The zero-order valence-corrected chi connectivity index (χ0v) is 12.4. The van der Waals surface area contributed by atoms with E-state index < -0.39 is 6.04 Å². The van der Waals surface area contributed by atoms with E-state index >= 15 is 0 Å². The highest BCUT2D eigenvalue weighted by molar-refractivity contribution is 6.02. The average molecular weight is 308 g/mol. The molecule has 0 spiro atoms. The predicted molar refractivity (Wildman–Crippen MR) is 85.4 cm³/mol. The van der Waals surface area contributed by atoms with Gasteiger partial charge in [-0.15, -0.1) is 0 Å². The van der Waals surface area contributed by atoms with Crippen molar-refractivity contribution in [3.05, 3.63) is 60.2 Å². The first-order valence-corrected chi connectivity index (χ1v) is 7.65. The molecule has 2 bridgehead atoms. The number of carbonyl (C=O) groups is 2. The van der Waals surface area contributed by atoms with Crippen molar-refractivity contribution in [1.29, 1.82) is 0 Å². The third kappa shape index (κ3) is 2.44. The number of rotatable bonds is 1. The van der Waals surface area contributed by atoms with Gasteiger partial charge in [0.25, 0.3) is 5.91 Å². The second-order valence-corrected chi connectivity index (χ2v) is 5.80. The fourth-order valence-corrected chi connectivity index (χ4v) is 3.17. The Balaban J connectivity index is 1.65. The van der Waals surface area contributed by atoms with Gasteiger partial charge in [-0.05, 0) is 24.3 Å². The van der Waals surface area contributed by atoms with Crippen molar-refractivity contribution < 1.29 is 14.3 Å². The van der Waals surface area contributed by atoms with Gasteiger partial charge in [-0.3, -0.25) is 9.59 Å². The van der Waals surface area contributed by atoms with Gasteiger partial charge in [0.15, 0.2) is 0 Å². The maximum atomic E-state index is 12.7. The molecule has 2 aromatic rings. The molecule has 0 aliphatic carbocycles. The molecule has 1 fully saturated rings. The van der Waals surface area contributed by atoms with Crippen LogP contribution in [0.3, 0.4) is 0 Å². The summed E-state index contributed by atoms with van der Waals surface area (Å²) in [6.45, 7) is 0.417. The molecule has 1 saturated heterocycles. The van der Waals surface area contributed by atoms with Crippen molar-refractivity contribution in [3.8, 4) is 5.75 Å². The Morgan fingerprint density at radius 1 is 1.09 bits per heavy atom. The Morgan fingerprint density at radius 3 is 2.65 bits per heavy atom. The van der Waals surface area contributed by atoms with Crippen LogP contribution in [0.25, 0.3) is 0 Å². The summed E-state index contributed by atoms with van der Waals surface area (Å²) in [7, 11) is 0. The lowest BCUT2D eigenvalue weighted by Crippen LogP contribution is -2.43. The zero-order valence-electron chi connectivity index (χ0n) is 12.4. The number of hydrogen-bond acceptors (Lipinski definition) is 3. The third-order valence-electron chi connectivity index (χ3n) is 4.29. The molecule has 0 saturated carbocycles. The number of anilines is 1. The molecule has 0 radical (unpaired) electrons. The topological polar surface area (TPSA) is 58.6 Å². The molecule has 5 nitrogen and oxygen atoms in total. The summed E-state index contributed by atoms with van der Waals surface area (Å²) in [5.74, 6) is 0.355. The molecule has 1 N–H and O–H groups in total. The molecule has 5 heteroatoms. The van der Waals surface area contributed by atoms with Crippen molar-refractivity contribution in [2.45, 2.75) is 18.6 Å². The van der Waals surface area contributed by atoms with Crippen LogP contribution >= 0.6 is 0 Å². The zero-order chi connectivity index (χ0) is 15.8. The molecular formula is C18H16N2O3. The van der Waals surface area contributed by atoms with E-state index in [0.717, 1.165) is 0 Å². The molecule has 4 rings (SSSR count). The van der Waals surface area contributed by atoms with Crippen LogP contribution in [0.5, 0.6) is 5.75 Å². The van der Waals surface area contributed by atoms with E-state index in [-0.39, 0.29) is 17.9 Å². The van der Waals surface area contributed by atoms with Crippen molar-refractivity contribution in [2.24, 2.45) is 0 Å². The monoisotopic (exact) mass is 308 g/mol. The van der Waals surface area contributed by atoms with Crippen molar-refractivity contribution in [2.75, 3.05) is 11.9 Å². The highest BCUT2D eigenvalue weighted by Gasteiger charge is 2.42. The number of nitrogens with zero attached hydrogens (tertiary/aromatic N) is 1. The van der Waals surface area contributed by atoms with E-state index in [1.807, 2.05) is 36.4 Å². The molecule has 2 atom stereocenters. The molecule has 0 aromatic heterocycles. The maximum absolute atomic E-state index is 12.7. The molecule has 116 valence electrons. The second kappa shape index (κ2) is 5.43. The molecule has 2 amide bonds. The SMILES string of the molecule is O=C1Nc2ccccc2O[C@H]2C[C@@H]1N(C(=O)c1ccccc1)C2. The van der Waals surface area contributed by atoms with Gasteiger partial charge >= 0.3 is 0 Å². The Hall–Kier alpha value is -2.82. The lowest BCUT2D eigenvalue weighted by molar-refractivity contribution is -0.119. The minimum absolute atomic E-state index is 0.136. The largest absolute Gasteiger partial charge is 0.486 e. The summed E-state index contributed by atoms with van der Waals surface area (Å²) in [4.78, 5) is 26.9. The summed E-state index contributed by atoms with van der Waals surface area (Å²) < 4.78 is 5.98. The van der Waals surface area contributed by atoms with Gasteiger partial charge in [-0.25, -0.2) is 0 Å². The molecule has 2 aliphatic heterocycles. The lowest BCUT2D eigenvalue weighted by atomic mass is 10.1. The Bertz CT molecular complexity index is 760. The number of likely N-dealkylation sites (tertiary alicyclic amines) is 1. The quantitative estimate of drug-likeness (QED) is 0.879. The van der Waals surface area contributed by atoms with Gasteiger partial charge in [0.1, 0.15) is 17.9 Å². The van der Waals surface area contributed by atoms with Crippen LogP contribution in [0.4, 0.5) is 5.69 Å². The van der Waals surface area contributed by atoms with Gasteiger partial charge in [0.2, 0.25) is 5.91 Å². The minimum atomic E-state index is -0.499. The lowest BCUT2D eigenvalue weighted by Gasteiger charge is -2.23. The number of amides is 2. The van der Waals surface area contributed by atoms with Crippen LogP contribution in [-0.4, -0.2) is 35.4 Å². The highest BCUT2D eigenvalue weighted by Crippen LogP contribution is 2.33. The number of benzene rings is 2. The second-order valence-electron chi connectivity index (χ2n) is 5.80. The molecular weight excluding hydrogens is 292 g/mol. The Morgan fingerprint density at radius 2 is 1.83 bits per heavy atom. The highest BCUT2D eigenvalue weighted by atomic mass is 16.5. The summed E-state index contributed by atoms with van der Waals surface area (Å²) in [5.41, 5.74) is 1.24. The first-order chi connectivity index (χ1) is 11.2. The Kier molecular flexibility index (Phi) is 3.26. The van der Waals surface area contributed by atoms with Crippen LogP contribution in [0.15, 0.2) is 54.6 Å². The first-order valence-electron chi connectivity index (χ1n) is 7.65. The van der Waals surface area contributed by atoms with Gasteiger partial charge < -0.3 is 15.0 Å². The number of nitrogens with one attached hydrogen (secondary N) is 1. The van der Waals surface area contributed by atoms with Gasteiger partial charge in [0.05, 0.1) is 12.2 Å². The smallest absolute Gasteiger partial charge is 0.254 e. The van der Waals surface area contributed by atoms with Crippen LogP contribution < -0.4 is 10.1 Å². The van der Waals surface area contributed by atoms with E-state index in [9.17, 15) is 9.59 Å². The molecule has 2 aliphatic rings. The van der Waals surface area contributed by atoms with Gasteiger partial charge in [-0.2, -0.15) is 0 Å². The van der Waals surface area contributed by atoms with Crippen LogP contribution in [-0.2, 0) is 4.79 Å². The van der Waals surface area contributed by atoms with Crippen molar-refractivity contribution in [3.63, 3.8) is 0 Å². The molecule has 0 unspecified atom stereocenters. The fourth-order valence-electron chi connectivity index (χ4n) is 3.17. The van der Waals surface area contributed by atoms with Crippen molar-refractivity contribution in [1.82, 2.24) is 4.90 Å². The Labute approximate surface area is 133 Å². The number of hydrogen-bond donors (Lipinski definition) is 1. The number of fused-ring (bicyclic) bond motifs is 3. The number of ether oxygens (including phenoxy) is 1. The van der Waals surface area contributed by atoms with Gasteiger partial charge in [-0.1, -0.05) is 30.3 Å². The average Bonchev–Trinajstić information content (AvgIpc) is 3.01. The van der Waals surface area contributed by atoms with E-state index in [1.165, 1.54) is 0 Å². The van der Waals surface area contributed by atoms with E-state index in [4.69, 9.17) is 4.74 Å². The van der Waals surface area contributed by atoms with Crippen LogP contribution in [0.2, 0.25) is 0 Å². The standard InChI is InChI=1S/C18H16N2O3/c21-17-15-10-13(23-16-9-5-4-8-14(16)19-17)11-20(15)18(22)12-6-2-1-3-7-12/h1-9,13,15H,10-11H2,(H,19,21)/t13-,15-/m0/s1. The normalized spacial score (nSPS) is 22.4. The summed E-state index contributed by atoms with van der Waals surface area (Å²) >= 11 is 0. The molecule has 23 heavy (non-hydrogen) atoms. The van der Waals surface area contributed by atoms with E-state index in [0.29, 0.717) is 30.0 Å². The summed E-state index contributed by atoms with van der Waals surface area (Å²) in [6, 6.07) is 15.9. The van der Waals surface area contributed by atoms with Crippen LogP contribution in [0.1, 0.15) is 16.8 Å². The molecule has 2 heterocycles.